The Morgan fingerprint density at radius 1 is 0.929 bits per heavy atom. The molecule has 1 aliphatic rings. The summed E-state index contributed by atoms with van der Waals surface area (Å²) in [5.74, 6) is 2.16. The lowest BCUT2D eigenvalue weighted by Gasteiger charge is -2.35. The van der Waals surface area contributed by atoms with E-state index in [1.54, 1.807) is 39.5 Å². The molecule has 0 spiro atoms. The van der Waals surface area contributed by atoms with Crippen LogP contribution in [0.3, 0.4) is 0 Å². The second kappa shape index (κ2) is 9.32. The highest BCUT2D eigenvalue weighted by Crippen LogP contribution is 2.29. The Balaban J connectivity index is 1.57. The molecule has 1 saturated heterocycles. The van der Waals surface area contributed by atoms with Crippen molar-refractivity contribution in [1.82, 2.24) is 9.80 Å². The minimum Gasteiger partial charge on any atom is -0.497 e. The molecule has 1 fully saturated rings. The summed E-state index contributed by atoms with van der Waals surface area (Å²) in [6.07, 6.45) is 0. The monoisotopic (exact) mass is 385 g/mol. The van der Waals surface area contributed by atoms with Crippen molar-refractivity contribution in [1.29, 1.82) is 0 Å². The Labute approximate surface area is 165 Å². The number of benzene rings is 2. The van der Waals surface area contributed by atoms with E-state index in [-0.39, 0.29) is 6.03 Å². The molecule has 0 aromatic heterocycles. The van der Waals surface area contributed by atoms with Gasteiger partial charge in [0.05, 0.1) is 27.0 Å². The zero-order valence-corrected chi connectivity index (χ0v) is 16.6. The average molecular weight is 385 g/mol. The average Bonchev–Trinajstić information content (AvgIpc) is 2.74. The molecular formula is C21H27N3O4. The first kappa shape index (κ1) is 19.8. The molecular weight excluding hydrogens is 358 g/mol. The van der Waals surface area contributed by atoms with Crippen LogP contribution in [0.15, 0.2) is 42.5 Å². The smallest absolute Gasteiger partial charge is 0.322 e. The second-order valence-electron chi connectivity index (χ2n) is 6.57. The molecule has 7 heteroatoms. The van der Waals surface area contributed by atoms with E-state index in [2.05, 4.69) is 16.3 Å². The Kier molecular flexibility index (Phi) is 6.60. The molecule has 2 amide bonds. The lowest BCUT2D eigenvalue weighted by molar-refractivity contribution is 0.142. The predicted molar refractivity (Wildman–Crippen MR) is 108 cm³/mol. The number of rotatable bonds is 6. The van der Waals surface area contributed by atoms with Crippen molar-refractivity contribution in [2.24, 2.45) is 0 Å². The topological polar surface area (TPSA) is 63.3 Å². The number of para-hydroxylation sites is 1. The van der Waals surface area contributed by atoms with Crippen molar-refractivity contribution in [2.75, 3.05) is 52.8 Å². The lowest BCUT2D eigenvalue weighted by Crippen LogP contribution is -2.49. The molecule has 1 aliphatic heterocycles. The first-order valence-electron chi connectivity index (χ1n) is 9.26. The molecule has 0 radical (unpaired) electrons. The molecule has 0 atom stereocenters. The fourth-order valence-electron chi connectivity index (χ4n) is 3.29. The van der Waals surface area contributed by atoms with Gasteiger partial charge in [-0.05, 0) is 18.2 Å². The van der Waals surface area contributed by atoms with Crippen molar-refractivity contribution >= 4 is 11.7 Å². The Bertz CT molecular complexity index is 804. The van der Waals surface area contributed by atoms with E-state index in [1.165, 1.54) is 0 Å². The van der Waals surface area contributed by atoms with E-state index < -0.39 is 0 Å². The van der Waals surface area contributed by atoms with Crippen molar-refractivity contribution in [3.63, 3.8) is 0 Å². The number of hydrogen-bond acceptors (Lipinski definition) is 5. The molecule has 2 aromatic carbocycles. The van der Waals surface area contributed by atoms with Gasteiger partial charge in [0, 0.05) is 44.4 Å². The van der Waals surface area contributed by atoms with E-state index in [0.29, 0.717) is 30.3 Å². The molecule has 0 aliphatic carbocycles. The highest BCUT2D eigenvalue weighted by Gasteiger charge is 2.22. The maximum atomic E-state index is 12.7. The van der Waals surface area contributed by atoms with E-state index in [9.17, 15) is 4.79 Å². The van der Waals surface area contributed by atoms with Gasteiger partial charge in [-0.3, -0.25) is 4.90 Å². The molecule has 0 bridgehead atoms. The summed E-state index contributed by atoms with van der Waals surface area (Å²) in [4.78, 5) is 16.8. The number of hydrogen-bond donors (Lipinski definition) is 1. The zero-order valence-electron chi connectivity index (χ0n) is 16.6. The van der Waals surface area contributed by atoms with Gasteiger partial charge in [0.25, 0.3) is 0 Å². The SMILES string of the molecule is COc1ccc(OC)c(NC(=O)N2CCN(Cc3ccccc3OC)CC2)c1. The maximum absolute atomic E-state index is 12.7. The van der Waals surface area contributed by atoms with Crippen molar-refractivity contribution < 1.29 is 19.0 Å². The normalized spacial score (nSPS) is 14.5. The summed E-state index contributed by atoms with van der Waals surface area (Å²) in [7, 11) is 4.86. The Morgan fingerprint density at radius 2 is 1.64 bits per heavy atom. The molecule has 150 valence electrons. The number of ether oxygens (including phenoxy) is 3. The summed E-state index contributed by atoms with van der Waals surface area (Å²) < 4.78 is 16.0. The van der Waals surface area contributed by atoms with Gasteiger partial charge in [-0.2, -0.15) is 0 Å². The fraction of sp³-hybridized carbons (Fsp3) is 0.381. The van der Waals surface area contributed by atoms with Gasteiger partial charge in [-0.25, -0.2) is 4.79 Å². The van der Waals surface area contributed by atoms with Crippen LogP contribution in [-0.2, 0) is 6.54 Å². The van der Waals surface area contributed by atoms with Gasteiger partial charge in [-0.15, -0.1) is 0 Å². The van der Waals surface area contributed by atoms with Gasteiger partial charge in [0.15, 0.2) is 0 Å². The van der Waals surface area contributed by atoms with Crippen LogP contribution in [0.25, 0.3) is 0 Å². The Hall–Kier alpha value is -2.93. The van der Waals surface area contributed by atoms with Crippen LogP contribution in [0.4, 0.5) is 10.5 Å². The molecule has 2 aromatic rings. The van der Waals surface area contributed by atoms with Crippen molar-refractivity contribution in [3.8, 4) is 17.2 Å². The van der Waals surface area contributed by atoms with E-state index in [4.69, 9.17) is 14.2 Å². The zero-order chi connectivity index (χ0) is 19.9. The number of piperazine rings is 1. The van der Waals surface area contributed by atoms with Gasteiger partial charge in [0.2, 0.25) is 0 Å². The standard InChI is InChI=1S/C21H27N3O4/c1-26-17-8-9-20(28-3)18(14-17)22-21(25)24-12-10-23(11-13-24)15-16-6-4-5-7-19(16)27-2/h4-9,14H,10-13,15H2,1-3H3,(H,22,25). The predicted octanol–water partition coefficient (Wildman–Crippen LogP) is 3.06. The van der Waals surface area contributed by atoms with Crippen LogP contribution in [-0.4, -0.2) is 63.3 Å². The van der Waals surface area contributed by atoms with Crippen LogP contribution in [0.1, 0.15) is 5.56 Å². The number of amides is 2. The summed E-state index contributed by atoms with van der Waals surface area (Å²) in [5, 5.41) is 2.93. The second-order valence-corrected chi connectivity index (χ2v) is 6.57. The van der Waals surface area contributed by atoms with Crippen molar-refractivity contribution in [3.05, 3.63) is 48.0 Å². The van der Waals surface area contributed by atoms with Crippen LogP contribution >= 0.6 is 0 Å². The van der Waals surface area contributed by atoms with Gasteiger partial charge < -0.3 is 24.4 Å². The largest absolute Gasteiger partial charge is 0.497 e. The number of methoxy groups -OCH3 is 3. The van der Waals surface area contributed by atoms with Gasteiger partial charge >= 0.3 is 6.03 Å². The summed E-state index contributed by atoms with van der Waals surface area (Å²) in [6, 6.07) is 13.2. The molecule has 7 nitrogen and oxygen atoms in total. The highest BCUT2D eigenvalue weighted by atomic mass is 16.5. The van der Waals surface area contributed by atoms with Crippen LogP contribution < -0.4 is 19.5 Å². The third-order valence-corrected chi connectivity index (χ3v) is 4.89. The van der Waals surface area contributed by atoms with Gasteiger partial charge in [0.1, 0.15) is 17.2 Å². The minimum absolute atomic E-state index is 0.136. The summed E-state index contributed by atoms with van der Waals surface area (Å²) in [6.45, 7) is 3.74. The molecule has 3 rings (SSSR count). The van der Waals surface area contributed by atoms with E-state index >= 15 is 0 Å². The molecule has 28 heavy (non-hydrogen) atoms. The summed E-state index contributed by atoms with van der Waals surface area (Å²) >= 11 is 0. The van der Waals surface area contributed by atoms with Crippen LogP contribution in [0.5, 0.6) is 17.2 Å². The van der Waals surface area contributed by atoms with Gasteiger partial charge in [-0.1, -0.05) is 18.2 Å². The molecule has 0 unspecified atom stereocenters. The molecule has 1 N–H and O–H groups in total. The summed E-state index contributed by atoms with van der Waals surface area (Å²) in [5.41, 5.74) is 1.76. The quantitative estimate of drug-likeness (QED) is 0.828. The Morgan fingerprint density at radius 3 is 2.32 bits per heavy atom. The highest BCUT2D eigenvalue weighted by molar-refractivity contribution is 5.91. The first-order valence-corrected chi connectivity index (χ1v) is 9.26. The molecule has 0 saturated carbocycles. The number of carbonyl (C=O) groups is 1. The third-order valence-electron chi connectivity index (χ3n) is 4.89. The number of urea groups is 1. The molecule has 1 heterocycles. The first-order chi connectivity index (χ1) is 13.6. The van der Waals surface area contributed by atoms with Crippen LogP contribution in [0.2, 0.25) is 0 Å². The van der Waals surface area contributed by atoms with Crippen LogP contribution in [0, 0.1) is 0 Å². The van der Waals surface area contributed by atoms with Crippen molar-refractivity contribution in [2.45, 2.75) is 6.54 Å². The maximum Gasteiger partial charge on any atom is 0.322 e. The van der Waals surface area contributed by atoms with E-state index in [0.717, 1.165) is 30.9 Å². The number of carbonyl (C=O) groups excluding carboxylic acids is 1. The van der Waals surface area contributed by atoms with E-state index in [1.807, 2.05) is 23.1 Å². The number of anilines is 1. The lowest BCUT2D eigenvalue weighted by atomic mass is 10.1. The fourth-order valence-corrected chi connectivity index (χ4v) is 3.29. The number of nitrogens with zero attached hydrogens (tertiary/aromatic N) is 2. The third kappa shape index (κ3) is 4.67. The minimum atomic E-state index is -0.136. The number of nitrogens with one attached hydrogen (secondary N) is 1.